The average Bonchev–Trinajstić information content (AvgIpc) is 2.44. The molecular formula is C10H17N7O2. The van der Waals surface area contributed by atoms with Gasteiger partial charge in [0.1, 0.15) is 0 Å². The summed E-state index contributed by atoms with van der Waals surface area (Å²) in [7, 11) is 0. The third-order valence-electron chi connectivity index (χ3n) is 2.49. The topological polar surface area (TPSA) is 118 Å². The van der Waals surface area contributed by atoms with Crippen LogP contribution in [0.25, 0.3) is 0 Å². The number of anilines is 2. The average molecular weight is 267 g/mol. The Bertz CT molecular complexity index is 454. The zero-order valence-corrected chi connectivity index (χ0v) is 10.7. The minimum absolute atomic E-state index is 0.0649. The molecule has 0 radical (unpaired) electrons. The van der Waals surface area contributed by atoms with Crippen molar-refractivity contribution in [3.8, 4) is 6.01 Å². The van der Waals surface area contributed by atoms with E-state index in [1.807, 2.05) is 6.92 Å². The monoisotopic (exact) mass is 267 g/mol. The molecule has 1 aliphatic heterocycles. The summed E-state index contributed by atoms with van der Waals surface area (Å²) < 4.78 is 5.37. The van der Waals surface area contributed by atoms with Crippen LogP contribution in [0.15, 0.2) is 0 Å². The number of nitrogens with one attached hydrogen (secondary N) is 2. The highest BCUT2D eigenvalue weighted by molar-refractivity contribution is 5.81. The fraction of sp³-hybridized carbons (Fsp3) is 0.600. The van der Waals surface area contributed by atoms with E-state index < -0.39 is 0 Å². The Labute approximate surface area is 110 Å². The molecule has 1 saturated heterocycles. The third-order valence-corrected chi connectivity index (χ3v) is 2.49. The van der Waals surface area contributed by atoms with Gasteiger partial charge in [-0.15, -0.1) is 0 Å². The van der Waals surface area contributed by atoms with Crippen molar-refractivity contribution >= 4 is 17.8 Å². The minimum atomic E-state index is -0.0649. The van der Waals surface area contributed by atoms with Crippen LogP contribution in [0.5, 0.6) is 6.01 Å². The second-order valence-electron chi connectivity index (χ2n) is 4.01. The lowest BCUT2D eigenvalue weighted by Crippen LogP contribution is -2.48. The number of nitrogens with two attached hydrogens (primary N) is 1. The summed E-state index contributed by atoms with van der Waals surface area (Å²) in [5.74, 6) is 5.84. The molecule has 2 heterocycles. The van der Waals surface area contributed by atoms with Crippen molar-refractivity contribution < 1.29 is 9.53 Å². The predicted molar refractivity (Wildman–Crippen MR) is 68.6 cm³/mol. The van der Waals surface area contributed by atoms with E-state index in [-0.39, 0.29) is 24.4 Å². The Morgan fingerprint density at radius 2 is 2.32 bits per heavy atom. The summed E-state index contributed by atoms with van der Waals surface area (Å²) in [4.78, 5) is 25.4. The van der Waals surface area contributed by atoms with E-state index in [1.165, 1.54) is 0 Å². The largest absolute Gasteiger partial charge is 0.463 e. The summed E-state index contributed by atoms with van der Waals surface area (Å²) in [6, 6.07) is 0.200. The molecule has 0 unspecified atom stereocenters. The Morgan fingerprint density at radius 1 is 1.47 bits per heavy atom. The van der Waals surface area contributed by atoms with Crippen molar-refractivity contribution in [2.45, 2.75) is 13.3 Å². The van der Waals surface area contributed by atoms with Crippen LogP contribution in [-0.4, -0.2) is 47.1 Å². The maximum atomic E-state index is 11.4. The number of ether oxygens (including phenoxy) is 1. The molecule has 0 aliphatic carbocycles. The van der Waals surface area contributed by atoms with Crippen molar-refractivity contribution in [2.75, 3.05) is 36.6 Å². The predicted octanol–water partition coefficient (Wildman–Crippen LogP) is -1.12. The van der Waals surface area contributed by atoms with E-state index >= 15 is 0 Å². The Morgan fingerprint density at radius 3 is 3.00 bits per heavy atom. The number of nitrogen functional groups attached to an aromatic ring is 1. The Balaban J connectivity index is 2.20. The molecule has 1 amide bonds. The molecule has 9 nitrogen and oxygen atoms in total. The molecule has 9 heteroatoms. The normalized spacial score (nSPS) is 15.1. The number of piperazine rings is 1. The lowest BCUT2D eigenvalue weighted by atomic mass is 10.4. The molecule has 104 valence electrons. The molecule has 2 rings (SSSR count). The summed E-state index contributed by atoms with van der Waals surface area (Å²) in [5.41, 5.74) is 2.37. The number of hydrogen-bond acceptors (Lipinski definition) is 8. The number of rotatable bonds is 5. The lowest BCUT2D eigenvalue weighted by Gasteiger charge is -2.26. The van der Waals surface area contributed by atoms with Crippen molar-refractivity contribution in [3.63, 3.8) is 0 Å². The van der Waals surface area contributed by atoms with Gasteiger partial charge >= 0.3 is 6.01 Å². The summed E-state index contributed by atoms with van der Waals surface area (Å²) >= 11 is 0. The van der Waals surface area contributed by atoms with Crippen LogP contribution in [0.2, 0.25) is 0 Å². The summed E-state index contributed by atoms with van der Waals surface area (Å²) in [6.45, 7) is 3.89. The van der Waals surface area contributed by atoms with Gasteiger partial charge in [0.2, 0.25) is 17.8 Å². The summed E-state index contributed by atoms with van der Waals surface area (Å²) in [6.07, 6.45) is 0.846. The van der Waals surface area contributed by atoms with Crippen LogP contribution in [0.4, 0.5) is 11.9 Å². The maximum Gasteiger partial charge on any atom is 0.323 e. The Kier molecular flexibility index (Phi) is 4.29. The van der Waals surface area contributed by atoms with Crippen LogP contribution >= 0.6 is 0 Å². The molecule has 0 spiro atoms. The van der Waals surface area contributed by atoms with Gasteiger partial charge in [0.15, 0.2) is 0 Å². The van der Waals surface area contributed by atoms with Gasteiger partial charge in [0.05, 0.1) is 13.2 Å². The highest BCUT2D eigenvalue weighted by Crippen LogP contribution is 2.15. The van der Waals surface area contributed by atoms with Gasteiger partial charge in [-0.3, -0.25) is 10.2 Å². The molecule has 4 N–H and O–H groups in total. The van der Waals surface area contributed by atoms with Crippen LogP contribution in [0.1, 0.15) is 13.3 Å². The molecule has 0 saturated carbocycles. The fourth-order valence-corrected chi connectivity index (χ4v) is 1.62. The number of amides is 1. The molecule has 19 heavy (non-hydrogen) atoms. The quantitative estimate of drug-likeness (QED) is 0.453. The Hall–Kier alpha value is -2.16. The first-order chi connectivity index (χ1) is 9.22. The molecule has 1 aromatic heterocycles. The van der Waals surface area contributed by atoms with E-state index in [2.05, 4.69) is 25.7 Å². The number of hydrazine groups is 1. The van der Waals surface area contributed by atoms with Crippen molar-refractivity contribution in [2.24, 2.45) is 5.84 Å². The second-order valence-corrected chi connectivity index (χ2v) is 4.01. The first-order valence-corrected chi connectivity index (χ1v) is 6.10. The van der Waals surface area contributed by atoms with Crippen molar-refractivity contribution in [3.05, 3.63) is 0 Å². The molecule has 1 aliphatic rings. The van der Waals surface area contributed by atoms with Crippen LogP contribution < -0.4 is 26.2 Å². The van der Waals surface area contributed by atoms with E-state index in [0.717, 1.165) is 6.42 Å². The van der Waals surface area contributed by atoms with Crippen LogP contribution in [0.3, 0.4) is 0 Å². The zero-order chi connectivity index (χ0) is 13.7. The van der Waals surface area contributed by atoms with E-state index in [0.29, 0.717) is 25.6 Å². The van der Waals surface area contributed by atoms with E-state index in [4.69, 9.17) is 10.6 Å². The molecule has 0 atom stereocenters. The number of nitrogens with zero attached hydrogens (tertiary/aromatic N) is 4. The first kappa shape index (κ1) is 13.3. The van der Waals surface area contributed by atoms with Crippen LogP contribution in [-0.2, 0) is 4.79 Å². The number of aromatic nitrogens is 3. The summed E-state index contributed by atoms with van der Waals surface area (Å²) in [5, 5.41) is 2.74. The fourth-order valence-electron chi connectivity index (χ4n) is 1.62. The lowest BCUT2D eigenvalue weighted by molar-refractivity contribution is -0.120. The van der Waals surface area contributed by atoms with Gasteiger partial charge in [0.25, 0.3) is 0 Å². The maximum absolute atomic E-state index is 11.4. The van der Waals surface area contributed by atoms with Gasteiger partial charge in [-0.25, -0.2) is 5.84 Å². The molecular weight excluding hydrogens is 250 g/mol. The van der Waals surface area contributed by atoms with E-state index in [9.17, 15) is 4.79 Å². The SMILES string of the molecule is CCCOc1nc(NN)nc(N2CCNC(=O)C2)n1. The minimum Gasteiger partial charge on any atom is -0.463 e. The van der Waals surface area contributed by atoms with Gasteiger partial charge in [0, 0.05) is 13.1 Å². The smallest absolute Gasteiger partial charge is 0.323 e. The van der Waals surface area contributed by atoms with Gasteiger partial charge in [-0.1, -0.05) is 6.92 Å². The highest BCUT2D eigenvalue weighted by atomic mass is 16.5. The van der Waals surface area contributed by atoms with Gasteiger partial charge in [-0.2, -0.15) is 15.0 Å². The molecule has 0 aromatic carbocycles. The molecule has 1 aromatic rings. The van der Waals surface area contributed by atoms with Gasteiger partial charge in [-0.05, 0) is 6.42 Å². The second kappa shape index (κ2) is 6.14. The molecule has 1 fully saturated rings. The van der Waals surface area contributed by atoms with Crippen LogP contribution in [0, 0.1) is 0 Å². The standard InChI is InChI=1S/C10H17N7O2/c1-2-5-19-10-14-8(16-11)13-9(15-10)17-4-3-12-7(18)6-17/h2-6,11H2,1H3,(H,12,18)(H,13,14,15,16). The number of hydrogen-bond donors (Lipinski definition) is 3. The zero-order valence-electron chi connectivity index (χ0n) is 10.7. The molecule has 0 bridgehead atoms. The van der Waals surface area contributed by atoms with Crippen molar-refractivity contribution in [1.82, 2.24) is 20.3 Å². The first-order valence-electron chi connectivity index (χ1n) is 6.10. The van der Waals surface area contributed by atoms with Gasteiger partial charge < -0.3 is 15.0 Å². The number of carbonyl (C=O) groups excluding carboxylic acids is 1. The highest BCUT2D eigenvalue weighted by Gasteiger charge is 2.20. The van der Waals surface area contributed by atoms with Crippen molar-refractivity contribution in [1.29, 1.82) is 0 Å². The number of carbonyl (C=O) groups is 1. The van der Waals surface area contributed by atoms with E-state index in [1.54, 1.807) is 4.90 Å². The third kappa shape index (κ3) is 3.41.